The first kappa shape index (κ1) is 15.5. The molecule has 116 valence electrons. The van der Waals surface area contributed by atoms with Gasteiger partial charge in [0.2, 0.25) is 10.0 Å². The second kappa shape index (κ2) is 5.98. The van der Waals surface area contributed by atoms with Gasteiger partial charge in [-0.2, -0.15) is 0 Å². The largest absolute Gasteiger partial charge is 0.241 e. The molecule has 0 fully saturated rings. The highest BCUT2D eigenvalue weighted by atomic mass is 32.2. The second-order valence-electron chi connectivity index (χ2n) is 4.92. The SMILES string of the molecule is O=S(=O)(N[C@H]1CCSc2c(F)cccc21)c1ccc(F)cc1. The molecule has 2 aromatic carbocycles. The Labute approximate surface area is 131 Å². The normalized spacial score (nSPS) is 18.0. The van der Waals surface area contributed by atoms with Gasteiger partial charge in [0, 0.05) is 10.9 Å². The Morgan fingerprint density at radius 3 is 2.55 bits per heavy atom. The van der Waals surface area contributed by atoms with E-state index in [1.165, 1.54) is 30.0 Å². The number of hydrogen-bond acceptors (Lipinski definition) is 3. The van der Waals surface area contributed by atoms with Crippen molar-refractivity contribution in [2.24, 2.45) is 0 Å². The van der Waals surface area contributed by atoms with Crippen molar-refractivity contribution in [3.8, 4) is 0 Å². The summed E-state index contributed by atoms with van der Waals surface area (Å²) in [4.78, 5) is 0.477. The van der Waals surface area contributed by atoms with Gasteiger partial charge in [-0.15, -0.1) is 11.8 Å². The highest BCUT2D eigenvalue weighted by Gasteiger charge is 2.27. The van der Waals surface area contributed by atoms with E-state index in [9.17, 15) is 17.2 Å². The summed E-state index contributed by atoms with van der Waals surface area (Å²) in [7, 11) is -3.78. The number of rotatable bonds is 3. The zero-order valence-corrected chi connectivity index (χ0v) is 13.1. The number of sulfonamides is 1. The summed E-state index contributed by atoms with van der Waals surface area (Å²) >= 11 is 1.38. The van der Waals surface area contributed by atoms with Gasteiger partial charge in [-0.25, -0.2) is 21.9 Å². The van der Waals surface area contributed by atoms with E-state index >= 15 is 0 Å². The summed E-state index contributed by atoms with van der Waals surface area (Å²) in [5.74, 6) is -0.210. The minimum atomic E-state index is -3.78. The molecule has 0 spiro atoms. The molecular formula is C15H13F2NO2S2. The van der Waals surface area contributed by atoms with Crippen LogP contribution in [0.3, 0.4) is 0 Å². The van der Waals surface area contributed by atoms with Crippen molar-refractivity contribution in [1.82, 2.24) is 4.72 Å². The Kier molecular flexibility index (Phi) is 4.20. The lowest BCUT2D eigenvalue weighted by Gasteiger charge is -2.26. The number of thioether (sulfide) groups is 1. The predicted octanol–water partition coefficient (Wildman–Crippen LogP) is 3.48. The topological polar surface area (TPSA) is 46.2 Å². The molecule has 1 aliphatic heterocycles. The van der Waals surface area contributed by atoms with Crippen LogP contribution < -0.4 is 4.72 Å². The van der Waals surface area contributed by atoms with E-state index in [4.69, 9.17) is 0 Å². The van der Waals surface area contributed by atoms with E-state index < -0.39 is 21.9 Å². The molecule has 22 heavy (non-hydrogen) atoms. The number of benzene rings is 2. The van der Waals surface area contributed by atoms with Crippen molar-refractivity contribution in [2.45, 2.75) is 22.3 Å². The summed E-state index contributed by atoms with van der Waals surface area (Å²) < 4.78 is 54.0. The summed E-state index contributed by atoms with van der Waals surface area (Å²) in [5.41, 5.74) is 0.641. The van der Waals surface area contributed by atoms with Crippen LogP contribution in [0.5, 0.6) is 0 Å². The zero-order valence-electron chi connectivity index (χ0n) is 11.4. The van der Waals surface area contributed by atoms with Gasteiger partial charge in [-0.3, -0.25) is 0 Å². The first-order chi connectivity index (χ1) is 10.5. The van der Waals surface area contributed by atoms with Gasteiger partial charge in [0.15, 0.2) is 0 Å². The van der Waals surface area contributed by atoms with Gasteiger partial charge >= 0.3 is 0 Å². The molecule has 0 radical (unpaired) electrons. The standard InChI is InChI=1S/C15H13F2NO2S2/c16-10-4-6-11(7-5-10)22(19,20)18-14-8-9-21-15-12(14)2-1-3-13(15)17/h1-7,14,18H,8-9H2/t14-/m0/s1. The minimum absolute atomic E-state index is 0.00919. The van der Waals surface area contributed by atoms with Crippen molar-refractivity contribution in [1.29, 1.82) is 0 Å². The smallest absolute Gasteiger partial charge is 0.207 e. The van der Waals surface area contributed by atoms with Gasteiger partial charge in [-0.05, 0) is 48.1 Å². The van der Waals surface area contributed by atoms with E-state index in [1.54, 1.807) is 12.1 Å². The van der Waals surface area contributed by atoms with Crippen LogP contribution in [-0.2, 0) is 10.0 Å². The van der Waals surface area contributed by atoms with Crippen LogP contribution in [0.15, 0.2) is 52.3 Å². The van der Waals surface area contributed by atoms with Crippen LogP contribution in [0.4, 0.5) is 8.78 Å². The number of hydrogen-bond donors (Lipinski definition) is 1. The molecule has 0 unspecified atom stereocenters. The molecule has 1 atom stereocenters. The maximum Gasteiger partial charge on any atom is 0.241 e. The molecule has 0 saturated carbocycles. The Morgan fingerprint density at radius 2 is 1.82 bits per heavy atom. The molecule has 0 amide bonds. The first-order valence-electron chi connectivity index (χ1n) is 6.66. The molecule has 7 heteroatoms. The third-order valence-corrected chi connectivity index (χ3v) is 6.09. The highest BCUT2D eigenvalue weighted by Crippen LogP contribution is 2.38. The lowest BCUT2D eigenvalue weighted by atomic mass is 10.0. The molecule has 0 saturated heterocycles. The fourth-order valence-electron chi connectivity index (χ4n) is 2.38. The highest BCUT2D eigenvalue weighted by molar-refractivity contribution is 7.99. The van der Waals surface area contributed by atoms with Crippen LogP contribution in [0.1, 0.15) is 18.0 Å². The Morgan fingerprint density at radius 1 is 1.09 bits per heavy atom. The van der Waals surface area contributed by atoms with Gasteiger partial charge in [-0.1, -0.05) is 12.1 Å². The predicted molar refractivity (Wildman–Crippen MR) is 81.2 cm³/mol. The van der Waals surface area contributed by atoms with Crippen LogP contribution in [0.2, 0.25) is 0 Å². The number of fused-ring (bicyclic) bond motifs is 1. The van der Waals surface area contributed by atoms with E-state index in [1.807, 2.05) is 0 Å². The Bertz CT molecular complexity index is 792. The van der Waals surface area contributed by atoms with E-state index in [0.717, 1.165) is 12.1 Å². The van der Waals surface area contributed by atoms with E-state index in [0.29, 0.717) is 22.6 Å². The van der Waals surface area contributed by atoms with E-state index in [2.05, 4.69) is 4.72 Å². The van der Waals surface area contributed by atoms with Crippen molar-refractivity contribution < 1.29 is 17.2 Å². The zero-order chi connectivity index (χ0) is 15.7. The van der Waals surface area contributed by atoms with Gasteiger partial charge in [0.25, 0.3) is 0 Å². The Hall–Kier alpha value is -1.44. The van der Waals surface area contributed by atoms with Gasteiger partial charge < -0.3 is 0 Å². The average molecular weight is 341 g/mol. The van der Waals surface area contributed by atoms with Gasteiger partial charge in [0.05, 0.1) is 4.90 Å². The average Bonchev–Trinajstić information content (AvgIpc) is 2.48. The third kappa shape index (κ3) is 3.02. The molecule has 1 aliphatic rings. The molecule has 3 nitrogen and oxygen atoms in total. The maximum atomic E-state index is 13.8. The molecule has 1 N–H and O–H groups in total. The first-order valence-corrected chi connectivity index (χ1v) is 9.13. The van der Waals surface area contributed by atoms with E-state index in [-0.39, 0.29) is 10.7 Å². The number of nitrogens with one attached hydrogen (secondary N) is 1. The second-order valence-corrected chi connectivity index (χ2v) is 7.74. The molecule has 3 rings (SSSR count). The maximum absolute atomic E-state index is 13.8. The lowest BCUT2D eigenvalue weighted by Crippen LogP contribution is -2.31. The van der Waals surface area contributed by atoms with Crippen LogP contribution in [0.25, 0.3) is 0 Å². The van der Waals surface area contributed by atoms with Crippen molar-refractivity contribution in [3.63, 3.8) is 0 Å². The Balaban J connectivity index is 1.91. The summed E-state index contributed by atoms with van der Waals surface area (Å²) in [6, 6.07) is 8.79. The molecule has 0 bridgehead atoms. The summed E-state index contributed by atoms with van der Waals surface area (Å²) in [5, 5.41) is 0. The van der Waals surface area contributed by atoms with Crippen LogP contribution >= 0.6 is 11.8 Å². The molecule has 1 heterocycles. The van der Waals surface area contributed by atoms with Gasteiger partial charge in [0.1, 0.15) is 11.6 Å². The quantitative estimate of drug-likeness (QED) is 0.930. The molecule has 0 aromatic heterocycles. The summed E-state index contributed by atoms with van der Waals surface area (Å²) in [6.07, 6.45) is 0.571. The molecular weight excluding hydrogens is 328 g/mol. The minimum Gasteiger partial charge on any atom is -0.207 e. The monoisotopic (exact) mass is 341 g/mol. The fraction of sp³-hybridized carbons (Fsp3) is 0.200. The van der Waals surface area contributed by atoms with Crippen molar-refractivity contribution in [2.75, 3.05) is 5.75 Å². The number of halogens is 2. The van der Waals surface area contributed by atoms with Crippen LogP contribution in [-0.4, -0.2) is 14.2 Å². The van der Waals surface area contributed by atoms with Crippen LogP contribution in [0, 0.1) is 11.6 Å². The lowest BCUT2D eigenvalue weighted by molar-refractivity contribution is 0.533. The summed E-state index contributed by atoms with van der Waals surface area (Å²) in [6.45, 7) is 0. The van der Waals surface area contributed by atoms with Crippen molar-refractivity contribution in [3.05, 3.63) is 59.7 Å². The van der Waals surface area contributed by atoms with Crippen molar-refractivity contribution >= 4 is 21.8 Å². The molecule has 2 aromatic rings. The third-order valence-electron chi connectivity index (χ3n) is 3.45. The molecule has 0 aliphatic carbocycles. The fourth-order valence-corrected chi connectivity index (χ4v) is 4.77.